The Morgan fingerprint density at radius 3 is 2.77 bits per heavy atom. The highest BCUT2D eigenvalue weighted by Gasteiger charge is 2.00. The van der Waals surface area contributed by atoms with Crippen LogP contribution in [0.4, 0.5) is 0 Å². The summed E-state index contributed by atoms with van der Waals surface area (Å²) in [5, 5.41) is 0. The van der Waals surface area contributed by atoms with Crippen LogP contribution in [-0.2, 0) is 6.42 Å². The molecule has 0 spiro atoms. The summed E-state index contributed by atoms with van der Waals surface area (Å²) in [5.41, 5.74) is 1.33. The molecule has 0 amide bonds. The second-order valence-electron chi connectivity index (χ2n) is 3.06. The Bertz CT molecular complexity index is 271. The van der Waals surface area contributed by atoms with Gasteiger partial charge in [-0.05, 0) is 36.6 Å². The van der Waals surface area contributed by atoms with Crippen LogP contribution in [0.3, 0.4) is 0 Å². The first-order valence-electron chi connectivity index (χ1n) is 4.60. The predicted molar refractivity (Wildman–Crippen MR) is 59.3 cm³/mol. The molecule has 0 heterocycles. The SMILES string of the molecule is CCCCc1cc(OC)ccc1Br. The Balaban J connectivity index is 2.78. The first-order valence-corrected chi connectivity index (χ1v) is 5.39. The van der Waals surface area contributed by atoms with Crippen molar-refractivity contribution in [2.45, 2.75) is 26.2 Å². The van der Waals surface area contributed by atoms with Crippen LogP contribution in [0.1, 0.15) is 25.3 Å². The molecule has 0 aromatic heterocycles. The summed E-state index contributed by atoms with van der Waals surface area (Å²) in [5.74, 6) is 0.939. The minimum absolute atomic E-state index is 0.939. The fourth-order valence-electron chi connectivity index (χ4n) is 1.24. The number of rotatable bonds is 4. The van der Waals surface area contributed by atoms with Gasteiger partial charge >= 0.3 is 0 Å². The summed E-state index contributed by atoms with van der Waals surface area (Å²) in [6, 6.07) is 6.11. The number of benzene rings is 1. The maximum Gasteiger partial charge on any atom is 0.119 e. The number of aryl methyl sites for hydroxylation is 1. The first kappa shape index (κ1) is 10.6. The number of hydrogen-bond acceptors (Lipinski definition) is 1. The van der Waals surface area contributed by atoms with Crippen LogP contribution < -0.4 is 4.74 Å². The minimum Gasteiger partial charge on any atom is -0.497 e. The molecule has 1 nitrogen and oxygen atoms in total. The second kappa shape index (κ2) is 5.28. The van der Waals surface area contributed by atoms with Gasteiger partial charge in [0, 0.05) is 4.47 Å². The van der Waals surface area contributed by atoms with Crippen molar-refractivity contribution in [3.05, 3.63) is 28.2 Å². The number of ether oxygens (including phenoxy) is 1. The standard InChI is InChI=1S/C11H15BrO/c1-3-4-5-9-8-10(13-2)6-7-11(9)12/h6-8H,3-5H2,1-2H3. The zero-order valence-corrected chi connectivity index (χ0v) is 9.73. The fraction of sp³-hybridized carbons (Fsp3) is 0.455. The maximum absolute atomic E-state index is 5.17. The molecule has 1 aromatic rings. The predicted octanol–water partition coefficient (Wildman–Crippen LogP) is 3.80. The summed E-state index contributed by atoms with van der Waals surface area (Å²) in [4.78, 5) is 0. The molecule has 0 saturated heterocycles. The molecule has 1 aromatic carbocycles. The molecule has 0 bridgehead atoms. The Morgan fingerprint density at radius 2 is 2.15 bits per heavy atom. The molecule has 0 radical (unpaired) electrons. The third kappa shape index (κ3) is 3.03. The van der Waals surface area contributed by atoms with Gasteiger partial charge in [0.15, 0.2) is 0 Å². The first-order chi connectivity index (χ1) is 6.27. The molecule has 0 N–H and O–H groups in total. The van der Waals surface area contributed by atoms with Crippen molar-refractivity contribution in [2.24, 2.45) is 0 Å². The van der Waals surface area contributed by atoms with Gasteiger partial charge in [0.25, 0.3) is 0 Å². The van der Waals surface area contributed by atoms with Crippen LogP contribution in [-0.4, -0.2) is 7.11 Å². The van der Waals surface area contributed by atoms with E-state index in [1.165, 1.54) is 22.9 Å². The van der Waals surface area contributed by atoms with Gasteiger partial charge in [0.2, 0.25) is 0 Å². The quantitative estimate of drug-likeness (QED) is 0.781. The molecule has 0 aliphatic heterocycles. The van der Waals surface area contributed by atoms with Crippen molar-refractivity contribution in [1.82, 2.24) is 0 Å². The summed E-state index contributed by atoms with van der Waals surface area (Å²) in [7, 11) is 1.70. The van der Waals surface area contributed by atoms with Crippen molar-refractivity contribution in [1.29, 1.82) is 0 Å². The van der Waals surface area contributed by atoms with Gasteiger partial charge in [-0.15, -0.1) is 0 Å². The lowest BCUT2D eigenvalue weighted by Crippen LogP contribution is -1.89. The molecular formula is C11H15BrO. The van der Waals surface area contributed by atoms with Gasteiger partial charge in [-0.3, -0.25) is 0 Å². The summed E-state index contributed by atoms with van der Waals surface area (Å²) in [6.07, 6.45) is 3.57. The average Bonchev–Trinajstić information content (AvgIpc) is 2.17. The molecule has 0 aliphatic rings. The van der Waals surface area contributed by atoms with E-state index in [0.29, 0.717) is 0 Å². The lowest BCUT2D eigenvalue weighted by atomic mass is 10.1. The van der Waals surface area contributed by atoms with Crippen LogP contribution in [0.5, 0.6) is 5.75 Å². The number of methoxy groups -OCH3 is 1. The molecule has 1 rings (SSSR count). The molecule has 0 aliphatic carbocycles. The van der Waals surface area contributed by atoms with E-state index >= 15 is 0 Å². The largest absolute Gasteiger partial charge is 0.497 e. The molecule has 13 heavy (non-hydrogen) atoms. The van der Waals surface area contributed by atoms with Gasteiger partial charge in [-0.25, -0.2) is 0 Å². The highest BCUT2D eigenvalue weighted by Crippen LogP contribution is 2.23. The van der Waals surface area contributed by atoms with E-state index in [9.17, 15) is 0 Å². The van der Waals surface area contributed by atoms with Crippen molar-refractivity contribution in [2.75, 3.05) is 7.11 Å². The number of unbranched alkanes of at least 4 members (excludes halogenated alkanes) is 1. The molecule has 2 heteroatoms. The van der Waals surface area contributed by atoms with Crippen LogP contribution in [0.25, 0.3) is 0 Å². The van der Waals surface area contributed by atoms with Gasteiger partial charge in [-0.2, -0.15) is 0 Å². The molecule has 0 unspecified atom stereocenters. The fourth-order valence-corrected chi connectivity index (χ4v) is 1.68. The highest BCUT2D eigenvalue weighted by atomic mass is 79.9. The van der Waals surface area contributed by atoms with Gasteiger partial charge in [0.1, 0.15) is 5.75 Å². The van der Waals surface area contributed by atoms with Crippen LogP contribution in [0, 0.1) is 0 Å². The Labute approximate surface area is 88.2 Å². The van der Waals surface area contributed by atoms with E-state index in [2.05, 4.69) is 28.9 Å². The normalized spacial score (nSPS) is 10.1. The third-order valence-corrected chi connectivity index (χ3v) is 2.83. The van der Waals surface area contributed by atoms with E-state index in [-0.39, 0.29) is 0 Å². The average molecular weight is 243 g/mol. The van der Waals surface area contributed by atoms with Crippen molar-refractivity contribution in [3.8, 4) is 5.75 Å². The van der Waals surface area contributed by atoms with E-state index in [1.807, 2.05) is 12.1 Å². The maximum atomic E-state index is 5.17. The number of hydrogen-bond donors (Lipinski definition) is 0. The molecule has 0 saturated carbocycles. The zero-order chi connectivity index (χ0) is 9.68. The zero-order valence-electron chi connectivity index (χ0n) is 8.14. The van der Waals surface area contributed by atoms with Gasteiger partial charge in [-0.1, -0.05) is 29.3 Å². The van der Waals surface area contributed by atoms with Crippen LogP contribution in [0.15, 0.2) is 22.7 Å². The van der Waals surface area contributed by atoms with Gasteiger partial charge < -0.3 is 4.74 Å². The van der Waals surface area contributed by atoms with Crippen LogP contribution in [0.2, 0.25) is 0 Å². The van der Waals surface area contributed by atoms with E-state index in [4.69, 9.17) is 4.74 Å². The highest BCUT2D eigenvalue weighted by molar-refractivity contribution is 9.10. The Kier molecular flexibility index (Phi) is 4.29. The Morgan fingerprint density at radius 1 is 1.38 bits per heavy atom. The summed E-state index contributed by atoms with van der Waals surface area (Å²) >= 11 is 3.53. The van der Waals surface area contributed by atoms with Crippen molar-refractivity contribution < 1.29 is 4.74 Å². The molecule has 0 fully saturated rings. The summed E-state index contributed by atoms with van der Waals surface area (Å²) < 4.78 is 6.35. The molecular weight excluding hydrogens is 228 g/mol. The van der Waals surface area contributed by atoms with Gasteiger partial charge in [0.05, 0.1) is 7.11 Å². The second-order valence-corrected chi connectivity index (χ2v) is 3.92. The van der Waals surface area contributed by atoms with E-state index in [0.717, 1.165) is 12.2 Å². The van der Waals surface area contributed by atoms with E-state index < -0.39 is 0 Å². The minimum atomic E-state index is 0.939. The lowest BCUT2D eigenvalue weighted by Gasteiger charge is -2.06. The smallest absolute Gasteiger partial charge is 0.119 e. The third-order valence-electron chi connectivity index (χ3n) is 2.05. The lowest BCUT2D eigenvalue weighted by molar-refractivity contribution is 0.414. The molecule has 0 atom stereocenters. The van der Waals surface area contributed by atoms with Crippen molar-refractivity contribution >= 4 is 15.9 Å². The molecule has 72 valence electrons. The van der Waals surface area contributed by atoms with Crippen LogP contribution >= 0.6 is 15.9 Å². The summed E-state index contributed by atoms with van der Waals surface area (Å²) in [6.45, 7) is 2.20. The van der Waals surface area contributed by atoms with E-state index in [1.54, 1.807) is 7.11 Å². The Hall–Kier alpha value is -0.500. The number of halogens is 1. The van der Waals surface area contributed by atoms with Crippen molar-refractivity contribution in [3.63, 3.8) is 0 Å². The topological polar surface area (TPSA) is 9.23 Å². The monoisotopic (exact) mass is 242 g/mol.